The molecule has 176 valence electrons. The normalized spacial score (nSPS) is 14.2. The highest BCUT2D eigenvalue weighted by Crippen LogP contribution is 2.33. The first-order valence-corrected chi connectivity index (χ1v) is 10.9. The summed E-state index contributed by atoms with van der Waals surface area (Å²) in [5.74, 6) is -0.844. The van der Waals surface area contributed by atoms with Crippen molar-refractivity contribution < 1.29 is 13.5 Å². The van der Waals surface area contributed by atoms with E-state index in [4.69, 9.17) is 15.0 Å². The van der Waals surface area contributed by atoms with Crippen LogP contribution in [0.3, 0.4) is 0 Å². The predicted octanol–water partition coefficient (Wildman–Crippen LogP) is 3.46. The van der Waals surface area contributed by atoms with Gasteiger partial charge in [-0.3, -0.25) is 9.36 Å². The van der Waals surface area contributed by atoms with Crippen molar-refractivity contribution in [1.82, 2.24) is 14.9 Å². The first kappa shape index (κ1) is 23.4. The van der Waals surface area contributed by atoms with Gasteiger partial charge >= 0.3 is 0 Å². The van der Waals surface area contributed by atoms with E-state index >= 15 is 0 Å². The molecule has 0 saturated carbocycles. The minimum Gasteiger partial charge on any atom is -0.494 e. The molecule has 1 aromatic heterocycles. The lowest BCUT2D eigenvalue weighted by Gasteiger charge is -2.33. The predicted molar refractivity (Wildman–Crippen MR) is 126 cm³/mol. The first-order chi connectivity index (χ1) is 16.4. The van der Waals surface area contributed by atoms with Crippen molar-refractivity contribution >= 4 is 5.95 Å². The number of nitriles is 1. The van der Waals surface area contributed by atoms with Gasteiger partial charge in [0.25, 0.3) is 5.56 Å². The van der Waals surface area contributed by atoms with E-state index in [1.165, 1.54) is 35.9 Å². The van der Waals surface area contributed by atoms with Crippen molar-refractivity contribution in [3.05, 3.63) is 63.9 Å². The van der Waals surface area contributed by atoms with Crippen molar-refractivity contribution in [3.63, 3.8) is 0 Å². The third-order valence-electron chi connectivity index (χ3n) is 6.26. The Balaban J connectivity index is 1.93. The average Bonchev–Trinajstić information content (AvgIpc) is 2.85. The summed E-state index contributed by atoms with van der Waals surface area (Å²) in [4.78, 5) is 20.4. The Labute approximate surface area is 196 Å². The molecular formula is C25H25F2N5O2. The van der Waals surface area contributed by atoms with Gasteiger partial charge in [0, 0.05) is 31.7 Å². The van der Waals surface area contributed by atoms with Gasteiger partial charge in [0.15, 0.2) is 11.6 Å². The van der Waals surface area contributed by atoms with E-state index in [1.54, 1.807) is 25.2 Å². The van der Waals surface area contributed by atoms with Gasteiger partial charge in [0.2, 0.25) is 5.95 Å². The van der Waals surface area contributed by atoms with E-state index in [9.17, 15) is 13.6 Å². The van der Waals surface area contributed by atoms with Gasteiger partial charge in [-0.2, -0.15) is 5.26 Å². The second-order valence-electron chi connectivity index (χ2n) is 8.21. The average molecular weight is 466 g/mol. The number of benzene rings is 2. The summed E-state index contributed by atoms with van der Waals surface area (Å²) < 4.78 is 35.5. The van der Waals surface area contributed by atoms with E-state index in [-0.39, 0.29) is 28.1 Å². The lowest BCUT2D eigenvalue weighted by atomic mass is 9.99. The lowest BCUT2D eigenvalue weighted by Crippen LogP contribution is -2.43. The molecule has 0 bridgehead atoms. The molecule has 1 aliphatic heterocycles. The summed E-state index contributed by atoms with van der Waals surface area (Å²) in [5.41, 5.74) is 0.492. The smallest absolute Gasteiger partial charge is 0.263 e. The highest BCUT2D eigenvalue weighted by Gasteiger charge is 2.25. The number of halogens is 2. The number of nitrogens with one attached hydrogen (secondary N) is 1. The Kier molecular flexibility index (Phi) is 6.61. The van der Waals surface area contributed by atoms with Crippen molar-refractivity contribution in [3.8, 4) is 34.2 Å². The fraction of sp³-hybridized carbons (Fsp3) is 0.320. The summed E-state index contributed by atoms with van der Waals surface area (Å²) in [6.45, 7) is 1.40. The Morgan fingerprint density at radius 3 is 2.38 bits per heavy atom. The molecule has 7 nitrogen and oxygen atoms in total. The molecule has 0 unspecified atom stereocenters. The van der Waals surface area contributed by atoms with E-state index in [0.717, 1.165) is 12.8 Å². The molecule has 2 aromatic carbocycles. The van der Waals surface area contributed by atoms with Crippen LogP contribution in [0.4, 0.5) is 14.7 Å². The summed E-state index contributed by atoms with van der Waals surface area (Å²) in [5, 5.41) is 12.4. The van der Waals surface area contributed by atoms with Gasteiger partial charge in [-0.1, -0.05) is 12.1 Å². The molecule has 34 heavy (non-hydrogen) atoms. The van der Waals surface area contributed by atoms with Crippen LogP contribution in [0.2, 0.25) is 0 Å². The molecule has 9 heteroatoms. The molecule has 2 heterocycles. The van der Waals surface area contributed by atoms with Crippen molar-refractivity contribution in [2.75, 3.05) is 32.1 Å². The molecule has 4 rings (SSSR count). The number of rotatable bonds is 5. The summed E-state index contributed by atoms with van der Waals surface area (Å²) >= 11 is 0. The van der Waals surface area contributed by atoms with Crippen LogP contribution in [0, 0.1) is 23.0 Å². The van der Waals surface area contributed by atoms with Gasteiger partial charge < -0.3 is 15.0 Å². The third-order valence-corrected chi connectivity index (χ3v) is 6.26. The number of ether oxygens (including phenoxy) is 1. The Bertz CT molecular complexity index is 1320. The standard InChI is InChI=1S/C25H25F2N5O2/c1-29-18-8-10-32(11-9-18)25-30-23(16-4-5-17(14-28)19(26)13-16)22(24(33)31(25)2)15-6-7-21(34-3)20(27)12-15/h4-7,12-13,18,29H,8-11H2,1-3H3. The topological polar surface area (TPSA) is 83.2 Å². The molecule has 0 atom stereocenters. The van der Waals surface area contributed by atoms with Crippen molar-refractivity contribution in [2.24, 2.45) is 7.05 Å². The van der Waals surface area contributed by atoms with E-state index in [1.807, 2.05) is 11.9 Å². The van der Waals surface area contributed by atoms with Gasteiger partial charge in [0.1, 0.15) is 11.9 Å². The summed E-state index contributed by atoms with van der Waals surface area (Å²) in [6, 6.07) is 10.5. The number of anilines is 1. The molecule has 0 aliphatic carbocycles. The van der Waals surface area contributed by atoms with Gasteiger partial charge in [-0.15, -0.1) is 0 Å². The largest absolute Gasteiger partial charge is 0.494 e. The molecular weight excluding hydrogens is 440 g/mol. The molecule has 1 fully saturated rings. The minimum absolute atomic E-state index is 0.0449. The zero-order chi connectivity index (χ0) is 24.4. The van der Waals surface area contributed by atoms with Crippen molar-refractivity contribution in [1.29, 1.82) is 5.26 Å². The van der Waals surface area contributed by atoms with Crippen LogP contribution in [0.5, 0.6) is 5.75 Å². The quantitative estimate of drug-likeness (QED) is 0.622. The first-order valence-electron chi connectivity index (χ1n) is 10.9. The Morgan fingerprint density at radius 1 is 1.12 bits per heavy atom. The van der Waals surface area contributed by atoms with E-state index < -0.39 is 11.6 Å². The van der Waals surface area contributed by atoms with Crippen LogP contribution in [-0.2, 0) is 7.05 Å². The van der Waals surface area contributed by atoms with Crippen molar-refractivity contribution in [2.45, 2.75) is 18.9 Å². The molecule has 1 aliphatic rings. The zero-order valence-electron chi connectivity index (χ0n) is 19.2. The molecule has 3 aromatic rings. The molecule has 0 radical (unpaired) electrons. The zero-order valence-corrected chi connectivity index (χ0v) is 19.2. The highest BCUT2D eigenvalue weighted by atomic mass is 19.1. The van der Waals surface area contributed by atoms with E-state index in [2.05, 4.69) is 5.32 Å². The van der Waals surface area contributed by atoms with Gasteiger partial charge in [-0.05, 0) is 49.7 Å². The number of hydrogen-bond acceptors (Lipinski definition) is 6. The fourth-order valence-electron chi connectivity index (χ4n) is 4.29. The maximum atomic E-state index is 14.5. The SMILES string of the molecule is CNC1CCN(c2nc(-c3ccc(C#N)c(F)c3)c(-c3ccc(OC)c(F)c3)c(=O)n2C)CC1. The fourth-order valence-corrected chi connectivity index (χ4v) is 4.29. The highest BCUT2D eigenvalue weighted by molar-refractivity contribution is 5.81. The molecule has 1 N–H and O–H groups in total. The number of hydrogen-bond donors (Lipinski definition) is 1. The number of nitrogens with zero attached hydrogens (tertiary/aromatic N) is 4. The van der Waals surface area contributed by atoms with Gasteiger partial charge in [-0.25, -0.2) is 13.8 Å². The maximum Gasteiger partial charge on any atom is 0.263 e. The van der Waals surface area contributed by atoms with Gasteiger partial charge in [0.05, 0.1) is 23.9 Å². The summed E-state index contributed by atoms with van der Waals surface area (Å²) in [6.07, 6.45) is 1.78. The Hall–Kier alpha value is -3.77. The van der Waals surface area contributed by atoms with Crippen LogP contribution in [0.1, 0.15) is 18.4 Å². The second-order valence-corrected chi connectivity index (χ2v) is 8.21. The number of aromatic nitrogens is 2. The number of piperidine rings is 1. The minimum atomic E-state index is -0.717. The molecule has 0 amide bonds. The van der Waals surface area contributed by atoms with Crippen LogP contribution in [0.15, 0.2) is 41.2 Å². The van der Waals surface area contributed by atoms with Crippen LogP contribution >= 0.6 is 0 Å². The molecule has 0 spiro atoms. The van der Waals surface area contributed by atoms with Crippen LogP contribution in [0.25, 0.3) is 22.4 Å². The van der Waals surface area contributed by atoms with Crippen LogP contribution < -0.4 is 20.5 Å². The van der Waals surface area contributed by atoms with Crippen LogP contribution in [-0.4, -0.2) is 42.8 Å². The monoisotopic (exact) mass is 465 g/mol. The third kappa shape index (κ3) is 4.24. The maximum absolute atomic E-state index is 14.5. The second kappa shape index (κ2) is 9.61. The van der Waals surface area contributed by atoms with E-state index in [0.29, 0.717) is 36.2 Å². The number of methoxy groups -OCH3 is 1. The summed E-state index contributed by atoms with van der Waals surface area (Å²) in [7, 11) is 4.91. The molecule has 1 saturated heterocycles. The Morgan fingerprint density at radius 2 is 1.79 bits per heavy atom. The lowest BCUT2D eigenvalue weighted by molar-refractivity contribution is 0.386.